The lowest BCUT2D eigenvalue weighted by molar-refractivity contribution is -0.174. The molecule has 3 aliphatic rings. The van der Waals surface area contributed by atoms with Gasteiger partial charge in [0.25, 0.3) is 0 Å². The van der Waals surface area contributed by atoms with Crippen molar-refractivity contribution in [2.24, 2.45) is 17.1 Å². The number of nitrogens with two attached hydrogens (primary N) is 1. The predicted octanol–water partition coefficient (Wildman–Crippen LogP) is -0.289. The molecule has 0 aromatic heterocycles. The molecule has 10 nitrogen and oxygen atoms in total. The highest BCUT2D eigenvalue weighted by Gasteiger charge is 2.52. The number of nitrogens with zero attached hydrogens (tertiary/aromatic N) is 1. The lowest BCUT2D eigenvalue weighted by Crippen LogP contribution is -2.54. The minimum absolute atomic E-state index is 0.0101. The Bertz CT molecular complexity index is 887. The van der Waals surface area contributed by atoms with Gasteiger partial charge in [-0.15, -0.1) is 0 Å². The summed E-state index contributed by atoms with van der Waals surface area (Å²) in [6.07, 6.45) is -1.99. The van der Waals surface area contributed by atoms with Gasteiger partial charge in [0.2, 0.25) is 23.6 Å². The van der Waals surface area contributed by atoms with Gasteiger partial charge in [0.1, 0.15) is 12.1 Å². The number of halogens is 3. The van der Waals surface area contributed by atoms with E-state index in [1.165, 1.54) is 5.32 Å². The fourth-order valence-corrected chi connectivity index (χ4v) is 5.13. The summed E-state index contributed by atoms with van der Waals surface area (Å²) in [5.41, 5.74) is 4.69. The van der Waals surface area contributed by atoms with Crippen LogP contribution >= 0.6 is 0 Å². The van der Waals surface area contributed by atoms with E-state index in [9.17, 15) is 37.1 Å². The summed E-state index contributed by atoms with van der Waals surface area (Å²) in [6.45, 7) is 2.93. The molecule has 2 heterocycles. The van der Waals surface area contributed by atoms with Crippen LogP contribution in [-0.2, 0) is 24.0 Å². The van der Waals surface area contributed by atoms with Gasteiger partial charge in [-0.25, -0.2) is 0 Å². The maximum Gasteiger partial charge on any atom is 0.471 e. The molecule has 1 spiro atoms. The van der Waals surface area contributed by atoms with Gasteiger partial charge in [-0.2, -0.15) is 13.2 Å². The molecule has 13 heteroatoms. The standard InChI is InChI=1S/C21H30F3N5O5/c1-19(2)7-11(16(32)28-19)6-12(15(25)31)27-17(33)13-8-20(4-3-5-20)10-29(13)14(30)9-26-18(34)21(22,23)24/h11-13H,3-10H2,1-2H3,(H2,25,31)(H,26,34)(H,27,33)(H,28,32)/t11-,12+,13?/m1/s1. The second-order valence-corrected chi connectivity index (χ2v) is 10.2. The van der Waals surface area contributed by atoms with E-state index < -0.39 is 59.9 Å². The van der Waals surface area contributed by atoms with Crippen LogP contribution in [0.2, 0.25) is 0 Å². The molecule has 0 aromatic carbocycles. The average Bonchev–Trinajstić information content (AvgIpc) is 3.22. The van der Waals surface area contributed by atoms with Crippen LogP contribution in [0.15, 0.2) is 0 Å². The largest absolute Gasteiger partial charge is 0.471 e. The zero-order chi connectivity index (χ0) is 25.5. The number of rotatable bonds is 7. The molecule has 5 amide bonds. The molecule has 3 rings (SSSR count). The van der Waals surface area contributed by atoms with Crippen molar-refractivity contribution in [3.8, 4) is 0 Å². The van der Waals surface area contributed by atoms with Gasteiger partial charge in [0.15, 0.2) is 0 Å². The third-order valence-electron chi connectivity index (χ3n) is 6.97. The van der Waals surface area contributed by atoms with E-state index in [-0.39, 0.29) is 24.3 Å². The van der Waals surface area contributed by atoms with Crippen LogP contribution in [0.1, 0.15) is 52.4 Å². The number of hydrogen-bond donors (Lipinski definition) is 4. The molecule has 0 aromatic rings. The molecule has 190 valence electrons. The van der Waals surface area contributed by atoms with Gasteiger partial charge >= 0.3 is 12.1 Å². The van der Waals surface area contributed by atoms with Crippen LogP contribution in [0, 0.1) is 11.3 Å². The van der Waals surface area contributed by atoms with Crippen molar-refractivity contribution in [3.05, 3.63) is 0 Å². The van der Waals surface area contributed by atoms with Gasteiger partial charge in [-0.05, 0) is 51.4 Å². The fraction of sp³-hybridized carbons (Fsp3) is 0.762. The number of primary amides is 1. The van der Waals surface area contributed by atoms with E-state index in [0.29, 0.717) is 12.8 Å². The maximum atomic E-state index is 13.1. The van der Waals surface area contributed by atoms with Crippen molar-refractivity contribution in [2.45, 2.75) is 76.2 Å². The van der Waals surface area contributed by atoms with Crippen LogP contribution < -0.4 is 21.7 Å². The summed E-state index contributed by atoms with van der Waals surface area (Å²) in [7, 11) is 0. The van der Waals surface area contributed by atoms with Crippen molar-refractivity contribution in [3.63, 3.8) is 0 Å². The van der Waals surface area contributed by atoms with Crippen LogP contribution in [0.3, 0.4) is 0 Å². The SMILES string of the molecule is CC1(C)C[C@@H](C[C@H](NC(=O)C2CC3(CCC3)CN2C(=O)CNC(=O)C(F)(F)F)C(N)=O)C(=O)N1. The van der Waals surface area contributed by atoms with Crippen LogP contribution in [0.25, 0.3) is 0 Å². The predicted molar refractivity (Wildman–Crippen MR) is 112 cm³/mol. The molecule has 0 bridgehead atoms. The summed E-state index contributed by atoms with van der Waals surface area (Å²) < 4.78 is 37.4. The minimum atomic E-state index is -5.13. The Morgan fingerprint density at radius 1 is 1.21 bits per heavy atom. The van der Waals surface area contributed by atoms with Gasteiger partial charge in [-0.3, -0.25) is 24.0 Å². The number of nitrogens with one attached hydrogen (secondary N) is 3. The zero-order valence-corrected chi connectivity index (χ0v) is 19.1. The highest BCUT2D eigenvalue weighted by molar-refractivity contribution is 5.94. The molecule has 34 heavy (non-hydrogen) atoms. The van der Waals surface area contributed by atoms with Crippen molar-refractivity contribution in [1.82, 2.24) is 20.9 Å². The quantitative estimate of drug-likeness (QED) is 0.388. The summed E-state index contributed by atoms with van der Waals surface area (Å²) in [6, 6.07) is -2.18. The summed E-state index contributed by atoms with van der Waals surface area (Å²) in [5.74, 6) is -5.36. The zero-order valence-electron chi connectivity index (χ0n) is 19.1. The second-order valence-electron chi connectivity index (χ2n) is 10.2. The van der Waals surface area contributed by atoms with Gasteiger partial charge in [0, 0.05) is 18.0 Å². The smallest absolute Gasteiger partial charge is 0.368 e. The lowest BCUT2D eigenvalue weighted by atomic mass is 9.67. The Morgan fingerprint density at radius 3 is 2.32 bits per heavy atom. The normalized spacial score (nSPS) is 25.9. The maximum absolute atomic E-state index is 13.1. The molecule has 1 unspecified atom stereocenters. The summed E-state index contributed by atoms with van der Waals surface area (Å²) in [5, 5.41) is 6.88. The molecule has 0 radical (unpaired) electrons. The van der Waals surface area contributed by atoms with Gasteiger partial charge in [0.05, 0.1) is 6.54 Å². The highest BCUT2D eigenvalue weighted by Crippen LogP contribution is 2.50. The van der Waals surface area contributed by atoms with E-state index in [1.54, 1.807) is 0 Å². The highest BCUT2D eigenvalue weighted by atomic mass is 19.4. The minimum Gasteiger partial charge on any atom is -0.368 e. The first-order valence-corrected chi connectivity index (χ1v) is 11.2. The van der Waals surface area contributed by atoms with E-state index in [2.05, 4.69) is 10.6 Å². The van der Waals surface area contributed by atoms with Crippen molar-refractivity contribution >= 4 is 29.5 Å². The summed E-state index contributed by atoms with van der Waals surface area (Å²) in [4.78, 5) is 62.2. The molecule has 5 N–H and O–H groups in total. The molecule has 2 aliphatic heterocycles. The molecule has 1 aliphatic carbocycles. The Kier molecular flexibility index (Phi) is 6.87. The molecular formula is C21H30F3N5O5. The topological polar surface area (TPSA) is 151 Å². The number of carbonyl (C=O) groups excluding carboxylic acids is 5. The second kappa shape index (κ2) is 9.06. The van der Waals surface area contributed by atoms with Crippen molar-refractivity contribution < 1.29 is 37.1 Å². The fourth-order valence-electron chi connectivity index (χ4n) is 5.13. The Labute approximate surface area is 194 Å². The van der Waals surface area contributed by atoms with E-state index >= 15 is 0 Å². The molecule has 3 atom stereocenters. The monoisotopic (exact) mass is 489 g/mol. The summed E-state index contributed by atoms with van der Waals surface area (Å²) >= 11 is 0. The van der Waals surface area contributed by atoms with Crippen LogP contribution in [-0.4, -0.2) is 71.3 Å². The number of hydrogen-bond acceptors (Lipinski definition) is 5. The Hall–Kier alpha value is -2.86. The molecule has 1 saturated carbocycles. The first-order chi connectivity index (χ1) is 15.6. The Balaban J connectivity index is 1.68. The molecular weight excluding hydrogens is 459 g/mol. The third-order valence-corrected chi connectivity index (χ3v) is 6.97. The van der Waals surface area contributed by atoms with Gasteiger partial charge < -0.3 is 26.6 Å². The number of alkyl halides is 3. The van der Waals surface area contributed by atoms with Crippen molar-refractivity contribution in [1.29, 1.82) is 0 Å². The average molecular weight is 489 g/mol. The van der Waals surface area contributed by atoms with Crippen LogP contribution in [0.4, 0.5) is 13.2 Å². The Morgan fingerprint density at radius 2 is 1.85 bits per heavy atom. The first-order valence-electron chi connectivity index (χ1n) is 11.2. The number of carbonyl (C=O) groups is 5. The molecule has 2 saturated heterocycles. The molecule has 3 fully saturated rings. The van der Waals surface area contributed by atoms with E-state index in [4.69, 9.17) is 5.73 Å². The van der Waals surface area contributed by atoms with Crippen molar-refractivity contribution in [2.75, 3.05) is 13.1 Å². The van der Waals surface area contributed by atoms with Crippen LogP contribution in [0.5, 0.6) is 0 Å². The first kappa shape index (κ1) is 25.8. The van der Waals surface area contributed by atoms with Gasteiger partial charge in [-0.1, -0.05) is 6.42 Å². The third kappa shape index (κ3) is 5.61. The van der Waals surface area contributed by atoms with E-state index in [0.717, 1.165) is 24.2 Å². The lowest BCUT2D eigenvalue weighted by Gasteiger charge is -2.37. The number of likely N-dealkylation sites (tertiary alicyclic amines) is 1. The van der Waals surface area contributed by atoms with E-state index in [1.807, 2.05) is 13.8 Å². The number of amides is 5.